The fourth-order valence-corrected chi connectivity index (χ4v) is 2.11. The summed E-state index contributed by atoms with van der Waals surface area (Å²) in [7, 11) is 0. The number of halogens is 3. The van der Waals surface area contributed by atoms with Gasteiger partial charge in [0.25, 0.3) is 0 Å². The molecule has 2 aromatic rings. The van der Waals surface area contributed by atoms with Crippen LogP contribution in [0.5, 0.6) is 0 Å². The van der Waals surface area contributed by atoms with Crippen LogP contribution in [0.2, 0.25) is 0 Å². The van der Waals surface area contributed by atoms with E-state index in [0.29, 0.717) is 5.56 Å². The molecule has 2 aromatic carbocycles. The molecule has 2 nitrogen and oxygen atoms in total. The Labute approximate surface area is 127 Å². The average Bonchev–Trinajstić information content (AvgIpc) is 2.47. The molecule has 0 fully saturated rings. The van der Waals surface area contributed by atoms with Gasteiger partial charge in [0.15, 0.2) is 0 Å². The molecule has 0 saturated carbocycles. The number of hydrogen-bond acceptors (Lipinski definition) is 1. The molecule has 0 aliphatic rings. The van der Waals surface area contributed by atoms with Gasteiger partial charge in [-0.05, 0) is 30.2 Å². The van der Waals surface area contributed by atoms with Gasteiger partial charge in [0, 0.05) is 0 Å². The maximum Gasteiger partial charge on any atom is 0.416 e. The first-order valence-corrected chi connectivity index (χ1v) is 6.86. The van der Waals surface area contributed by atoms with Gasteiger partial charge in [0.1, 0.15) is 0 Å². The van der Waals surface area contributed by atoms with Gasteiger partial charge in [-0.25, -0.2) is 0 Å². The Morgan fingerprint density at radius 1 is 1.05 bits per heavy atom. The van der Waals surface area contributed by atoms with E-state index in [1.807, 2.05) is 37.3 Å². The smallest absolute Gasteiger partial charge is 0.349 e. The van der Waals surface area contributed by atoms with Gasteiger partial charge in [-0.1, -0.05) is 42.5 Å². The summed E-state index contributed by atoms with van der Waals surface area (Å²) in [4.78, 5) is 11.9. The molecule has 0 saturated heterocycles. The SMILES string of the molecule is CC(NC(=O)Cc1ccc(C(F)(F)F)cc1)c1ccccc1. The molecule has 1 atom stereocenters. The van der Waals surface area contributed by atoms with Crippen LogP contribution in [-0.4, -0.2) is 5.91 Å². The highest BCUT2D eigenvalue weighted by molar-refractivity contribution is 5.79. The van der Waals surface area contributed by atoms with Gasteiger partial charge < -0.3 is 5.32 Å². The second-order valence-electron chi connectivity index (χ2n) is 5.07. The molecule has 0 aliphatic carbocycles. The molecular formula is C17H16F3NO. The minimum absolute atomic E-state index is 0.0509. The Bertz CT molecular complexity index is 621. The monoisotopic (exact) mass is 307 g/mol. The zero-order chi connectivity index (χ0) is 16.2. The lowest BCUT2D eigenvalue weighted by Crippen LogP contribution is -2.28. The minimum Gasteiger partial charge on any atom is -0.349 e. The number of carbonyl (C=O) groups excluding carboxylic acids is 1. The van der Waals surface area contributed by atoms with Crippen LogP contribution in [-0.2, 0) is 17.4 Å². The van der Waals surface area contributed by atoms with E-state index in [9.17, 15) is 18.0 Å². The largest absolute Gasteiger partial charge is 0.416 e. The molecule has 0 aliphatic heterocycles. The molecule has 1 unspecified atom stereocenters. The zero-order valence-corrected chi connectivity index (χ0v) is 12.0. The molecule has 0 bridgehead atoms. The minimum atomic E-state index is -4.36. The van der Waals surface area contributed by atoms with Gasteiger partial charge in [-0.15, -0.1) is 0 Å². The summed E-state index contributed by atoms with van der Waals surface area (Å²) in [5.74, 6) is -0.226. The summed E-state index contributed by atoms with van der Waals surface area (Å²) in [6.45, 7) is 1.86. The maximum absolute atomic E-state index is 12.5. The summed E-state index contributed by atoms with van der Waals surface area (Å²) in [5.41, 5.74) is 0.809. The molecule has 2 rings (SSSR count). The van der Waals surface area contributed by atoms with Gasteiger partial charge in [0.05, 0.1) is 18.0 Å². The van der Waals surface area contributed by atoms with Crippen LogP contribution in [0.15, 0.2) is 54.6 Å². The van der Waals surface area contributed by atoms with E-state index in [4.69, 9.17) is 0 Å². The predicted octanol–water partition coefficient (Wildman–Crippen LogP) is 4.13. The van der Waals surface area contributed by atoms with Gasteiger partial charge in [-0.3, -0.25) is 4.79 Å². The Morgan fingerprint density at radius 2 is 1.64 bits per heavy atom. The first kappa shape index (κ1) is 16.1. The third-order valence-electron chi connectivity index (χ3n) is 3.32. The second kappa shape index (κ2) is 6.64. The summed E-state index contributed by atoms with van der Waals surface area (Å²) in [6, 6.07) is 14.0. The Kier molecular flexibility index (Phi) is 4.85. The lowest BCUT2D eigenvalue weighted by atomic mass is 10.1. The highest BCUT2D eigenvalue weighted by Gasteiger charge is 2.29. The van der Waals surface area contributed by atoms with Crippen molar-refractivity contribution in [1.82, 2.24) is 5.32 Å². The van der Waals surface area contributed by atoms with E-state index in [-0.39, 0.29) is 18.4 Å². The molecule has 1 N–H and O–H groups in total. The van der Waals surface area contributed by atoms with Crippen LogP contribution in [0.3, 0.4) is 0 Å². The number of nitrogens with one attached hydrogen (secondary N) is 1. The van der Waals surface area contributed by atoms with Crippen molar-refractivity contribution >= 4 is 5.91 Å². The van der Waals surface area contributed by atoms with Crippen LogP contribution in [0.1, 0.15) is 29.7 Å². The van der Waals surface area contributed by atoms with Gasteiger partial charge in [-0.2, -0.15) is 13.2 Å². The van der Waals surface area contributed by atoms with Gasteiger partial charge in [0.2, 0.25) is 5.91 Å². The van der Waals surface area contributed by atoms with Crippen molar-refractivity contribution < 1.29 is 18.0 Å². The number of rotatable bonds is 4. The van der Waals surface area contributed by atoms with Crippen LogP contribution in [0, 0.1) is 0 Å². The van der Waals surface area contributed by atoms with Crippen LogP contribution in [0.4, 0.5) is 13.2 Å². The molecular weight excluding hydrogens is 291 g/mol. The standard InChI is InChI=1S/C17H16F3NO/c1-12(14-5-3-2-4-6-14)21-16(22)11-13-7-9-15(10-8-13)17(18,19)20/h2-10,12H,11H2,1H3,(H,21,22). The van der Waals surface area contributed by atoms with E-state index >= 15 is 0 Å². The third-order valence-corrected chi connectivity index (χ3v) is 3.32. The van der Waals surface area contributed by atoms with E-state index in [1.165, 1.54) is 12.1 Å². The molecule has 0 heterocycles. The van der Waals surface area contributed by atoms with Crippen molar-refractivity contribution in [3.8, 4) is 0 Å². The van der Waals surface area contributed by atoms with Crippen molar-refractivity contribution in [2.45, 2.75) is 25.6 Å². The molecule has 116 valence electrons. The second-order valence-corrected chi connectivity index (χ2v) is 5.07. The topological polar surface area (TPSA) is 29.1 Å². The molecule has 22 heavy (non-hydrogen) atoms. The maximum atomic E-state index is 12.5. The van der Waals surface area contributed by atoms with Crippen molar-refractivity contribution in [3.05, 3.63) is 71.3 Å². The summed E-state index contributed by atoms with van der Waals surface area (Å²) in [5, 5.41) is 2.83. The zero-order valence-electron chi connectivity index (χ0n) is 12.0. The van der Waals surface area contributed by atoms with E-state index < -0.39 is 11.7 Å². The quantitative estimate of drug-likeness (QED) is 0.904. The third kappa shape index (κ3) is 4.35. The molecule has 1 amide bonds. The van der Waals surface area contributed by atoms with E-state index in [2.05, 4.69) is 5.32 Å². The number of carbonyl (C=O) groups is 1. The lowest BCUT2D eigenvalue weighted by molar-refractivity contribution is -0.137. The normalized spacial score (nSPS) is 12.7. The number of benzene rings is 2. The van der Waals surface area contributed by atoms with Crippen molar-refractivity contribution in [3.63, 3.8) is 0 Å². The predicted molar refractivity (Wildman–Crippen MR) is 78.1 cm³/mol. The van der Waals surface area contributed by atoms with Crippen LogP contribution in [0.25, 0.3) is 0 Å². The molecule has 0 spiro atoms. The Morgan fingerprint density at radius 3 is 2.18 bits per heavy atom. The molecule has 0 radical (unpaired) electrons. The first-order chi connectivity index (χ1) is 10.4. The molecule has 0 aromatic heterocycles. The summed E-state index contributed by atoms with van der Waals surface area (Å²) < 4.78 is 37.4. The van der Waals surface area contributed by atoms with Gasteiger partial charge >= 0.3 is 6.18 Å². The number of amides is 1. The number of alkyl halides is 3. The first-order valence-electron chi connectivity index (χ1n) is 6.86. The fraction of sp³-hybridized carbons (Fsp3) is 0.235. The molecule has 5 heteroatoms. The van der Waals surface area contributed by atoms with Crippen molar-refractivity contribution in [2.24, 2.45) is 0 Å². The van der Waals surface area contributed by atoms with E-state index in [1.54, 1.807) is 0 Å². The highest BCUT2D eigenvalue weighted by atomic mass is 19.4. The summed E-state index contributed by atoms with van der Waals surface area (Å²) >= 11 is 0. The average molecular weight is 307 g/mol. The highest BCUT2D eigenvalue weighted by Crippen LogP contribution is 2.29. The van der Waals surface area contributed by atoms with Crippen molar-refractivity contribution in [1.29, 1.82) is 0 Å². The van der Waals surface area contributed by atoms with Crippen LogP contribution < -0.4 is 5.32 Å². The summed E-state index contributed by atoms with van der Waals surface area (Å²) in [6.07, 6.45) is -4.31. The van der Waals surface area contributed by atoms with E-state index in [0.717, 1.165) is 17.7 Å². The van der Waals surface area contributed by atoms with Crippen molar-refractivity contribution in [2.75, 3.05) is 0 Å². The van der Waals surface area contributed by atoms with Crippen LogP contribution >= 0.6 is 0 Å². The lowest BCUT2D eigenvalue weighted by Gasteiger charge is -2.14. The fourth-order valence-electron chi connectivity index (χ4n) is 2.11. The Balaban J connectivity index is 1.95. The number of hydrogen-bond donors (Lipinski definition) is 1. The Hall–Kier alpha value is -2.30.